The van der Waals surface area contributed by atoms with Gasteiger partial charge in [0.05, 0.1) is 5.69 Å². The summed E-state index contributed by atoms with van der Waals surface area (Å²) in [6, 6.07) is 3.70. The van der Waals surface area contributed by atoms with Crippen molar-refractivity contribution >= 4 is 27.7 Å². The highest BCUT2D eigenvalue weighted by Gasteiger charge is 2.32. The summed E-state index contributed by atoms with van der Waals surface area (Å²) < 4.78 is 0.946. The molecule has 0 aromatic carbocycles. The molecule has 4 nitrogen and oxygen atoms in total. The number of hydrogen-bond acceptors (Lipinski definition) is 3. The number of hydrogen-bond donors (Lipinski definition) is 2. The van der Waals surface area contributed by atoms with Gasteiger partial charge in [0.1, 0.15) is 5.82 Å². The van der Waals surface area contributed by atoms with Crippen LogP contribution in [-0.4, -0.2) is 17.4 Å². The average molecular weight is 312 g/mol. The number of carbonyl (C=O) groups is 1. The Hall–Kier alpha value is -0.940. The Morgan fingerprint density at radius 1 is 1.56 bits per heavy atom. The van der Waals surface area contributed by atoms with Gasteiger partial charge in [-0.2, -0.15) is 0 Å². The molecule has 2 unspecified atom stereocenters. The van der Waals surface area contributed by atoms with E-state index in [0.717, 1.165) is 29.4 Å². The maximum atomic E-state index is 12.2. The summed E-state index contributed by atoms with van der Waals surface area (Å²) in [7, 11) is 0. The van der Waals surface area contributed by atoms with E-state index in [1.54, 1.807) is 6.07 Å². The first-order valence-corrected chi connectivity index (χ1v) is 7.05. The number of carbonyl (C=O) groups excluding carboxylic acids is 1. The highest BCUT2D eigenvalue weighted by atomic mass is 79.9. The number of amides is 1. The number of anilines is 1. The van der Waals surface area contributed by atoms with Gasteiger partial charge in [-0.1, -0.05) is 6.42 Å². The molecule has 0 bridgehead atoms. The summed E-state index contributed by atoms with van der Waals surface area (Å²) in [6.45, 7) is 2.49. The molecule has 2 rings (SSSR count). The molecule has 1 saturated carbocycles. The summed E-state index contributed by atoms with van der Waals surface area (Å²) in [5.74, 6) is 1.03. The van der Waals surface area contributed by atoms with Gasteiger partial charge in [0.25, 0.3) is 0 Å². The molecule has 2 atom stereocenters. The van der Waals surface area contributed by atoms with E-state index in [0.29, 0.717) is 18.3 Å². The van der Waals surface area contributed by atoms with Crippen LogP contribution in [0.2, 0.25) is 0 Å². The first kappa shape index (κ1) is 13.5. The van der Waals surface area contributed by atoms with Crippen molar-refractivity contribution < 1.29 is 4.79 Å². The summed E-state index contributed by atoms with van der Waals surface area (Å²) in [5, 5.41) is 2.89. The third-order valence-corrected chi connectivity index (χ3v) is 4.41. The van der Waals surface area contributed by atoms with Crippen LogP contribution >= 0.6 is 15.9 Å². The zero-order chi connectivity index (χ0) is 13.1. The number of pyridine rings is 1. The lowest BCUT2D eigenvalue weighted by molar-refractivity contribution is -0.120. The Morgan fingerprint density at radius 3 is 3.00 bits per heavy atom. The SMILES string of the molecule is Cc1nc(NC(=O)C2CCCC2CN)ccc1Br. The molecule has 0 radical (unpaired) electrons. The highest BCUT2D eigenvalue weighted by molar-refractivity contribution is 9.10. The van der Waals surface area contributed by atoms with E-state index in [1.165, 1.54) is 0 Å². The minimum Gasteiger partial charge on any atom is -0.330 e. The van der Waals surface area contributed by atoms with Crippen molar-refractivity contribution in [1.82, 2.24) is 4.98 Å². The number of aromatic nitrogens is 1. The molecule has 5 heteroatoms. The molecule has 1 amide bonds. The van der Waals surface area contributed by atoms with Crippen molar-refractivity contribution in [3.63, 3.8) is 0 Å². The quantitative estimate of drug-likeness (QED) is 0.901. The molecular weight excluding hydrogens is 294 g/mol. The largest absolute Gasteiger partial charge is 0.330 e. The van der Waals surface area contributed by atoms with Crippen molar-refractivity contribution in [3.05, 3.63) is 22.3 Å². The second-order valence-corrected chi connectivity index (χ2v) is 5.64. The minimum absolute atomic E-state index is 0.0424. The predicted molar refractivity (Wildman–Crippen MR) is 75.2 cm³/mol. The maximum Gasteiger partial charge on any atom is 0.228 e. The molecule has 1 aliphatic rings. The zero-order valence-electron chi connectivity index (χ0n) is 10.4. The maximum absolute atomic E-state index is 12.2. The molecule has 1 aromatic heterocycles. The van der Waals surface area contributed by atoms with Crippen molar-refractivity contribution in [2.45, 2.75) is 26.2 Å². The van der Waals surface area contributed by atoms with Gasteiger partial charge in [-0.05, 0) is 60.3 Å². The third-order valence-electron chi connectivity index (χ3n) is 3.57. The van der Waals surface area contributed by atoms with E-state index in [-0.39, 0.29) is 11.8 Å². The molecule has 1 fully saturated rings. The second-order valence-electron chi connectivity index (χ2n) is 4.79. The first-order chi connectivity index (χ1) is 8.61. The Labute approximate surface area is 115 Å². The Kier molecular flexibility index (Phi) is 4.35. The van der Waals surface area contributed by atoms with Crippen LogP contribution in [0.3, 0.4) is 0 Å². The first-order valence-electron chi connectivity index (χ1n) is 6.26. The Morgan fingerprint density at radius 2 is 2.33 bits per heavy atom. The van der Waals surface area contributed by atoms with Gasteiger partial charge in [0.2, 0.25) is 5.91 Å². The lowest BCUT2D eigenvalue weighted by Crippen LogP contribution is -2.30. The Balaban J connectivity index is 2.04. The van der Waals surface area contributed by atoms with E-state index in [4.69, 9.17) is 5.73 Å². The monoisotopic (exact) mass is 311 g/mol. The molecule has 0 spiro atoms. The fraction of sp³-hybridized carbons (Fsp3) is 0.538. The second kappa shape index (κ2) is 5.80. The van der Waals surface area contributed by atoms with Gasteiger partial charge in [-0.25, -0.2) is 4.98 Å². The van der Waals surface area contributed by atoms with E-state index in [9.17, 15) is 4.79 Å². The molecule has 0 aliphatic heterocycles. The van der Waals surface area contributed by atoms with Gasteiger partial charge >= 0.3 is 0 Å². The molecule has 98 valence electrons. The van der Waals surface area contributed by atoms with Crippen LogP contribution in [0.25, 0.3) is 0 Å². The normalized spacial score (nSPS) is 23.1. The zero-order valence-corrected chi connectivity index (χ0v) is 12.0. The topological polar surface area (TPSA) is 68.0 Å². The molecule has 0 saturated heterocycles. The van der Waals surface area contributed by atoms with Crippen LogP contribution in [0.5, 0.6) is 0 Å². The fourth-order valence-electron chi connectivity index (χ4n) is 2.50. The number of rotatable bonds is 3. The van der Waals surface area contributed by atoms with Crippen LogP contribution in [0, 0.1) is 18.8 Å². The number of halogens is 1. The van der Waals surface area contributed by atoms with Crippen LogP contribution in [-0.2, 0) is 4.79 Å². The van der Waals surface area contributed by atoms with Gasteiger partial charge in [0.15, 0.2) is 0 Å². The smallest absolute Gasteiger partial charge is 0.228 e. The molecule has 1 aromatic rings. The fourth-order valence-corrected chi connectivity index (χ4v) is 2.72. The van der Waals surface area contributed by atoms with E-state index in [2.05, 4.69) is 26.2 Å². The summed E-state index contributed by atoms with van der Waals surface area (Å²) in [4.78, 5) is 16.5. The van der Waals surface area contributed by atoms with Gasteiger partial charge in [-0.15, -0.1) is 0 Å². The third kappa shape index (κ3) is 2.90. The van der Waals surface area contributed by atoms with Crippen LogP contribution < -0.4 is 11.1 Å². The lowest BCUT2D eigenvalue weighted by atomic mass is 9.95. The van der Waals surface area contributed by atoms with Crippen molar-refractivity contribution in [3.8, 4) is 0 Å². The van der Waals surface area contributed by atoms with Gasteiger partial charge in [-0.3, -0.25) is 4.79 Å². The molecule has 3 N–H and O–H groups in total. The summed E-state index contributed by atoms with van der Waals surface area (Å²) in [6.07, 6.45) is 3.08. The van der Waals surface area contributed by atoms with E-state index < -0.39 is 0 Å². The van der Waals surface area contributed by atoms with Gasteiger partial charge in [0, 0.05) is 10.4 Å². The van der Waals surface area contributed by atoms with Crippen molar-refractivity contribution in [2.75, 3.05) is 11.9 Å². The summed E-state index contributed by atoms with van der Waals surface area (Å²) in [5.41, 5.74) is 6.57. The van der Waals surface area contributed by atoms with Crippen molar-refractivity contribution in [2.24, 2.45) is 17.6 Å². The predicted octanol–water partition coefficient (Wildman–Crippen LogP) is 2.47. The molecular formula is C13H18BrN3O. The standard InChI is InChI=1S/C13H18BrN3O/c1-8-11(14)5-6-12(16-8)17-13(18)10-4-2-3-9(10)7-15/h5-6,9-10H,2-4,7,15H2,1H3,(H,16,17,18). The average Bonchev–Trinajstić information content (AvgIpc) is 2.82. The van der Waals surface area contributed by atoms with Crippen LogP contribution in [0.15, 0.2) is 16.6 Å². The number of nitrogens with two attached hydrogens (primary N) is 1. The molecule has 1 aliphatic carbocycles. The Bertz CT molecular complexity index is 450. The van der Waals surface area contributed by atoms with E-state index >= 15 is 0 Å². The van der Waals surface area contributed by atoms with Gasteiger partial charge < -0.3 is 11.1 Å². The molecule has 1 heterocycles. The van der Waals surface area contributed by atoms with Crippen LogP contribution in [0.4, 0.5) is 5.82 Å². The summed E-state index contributed by atoms with van der Waals surface area (Å²) >= 11 is 3.39. The lowest BCUT2D eigenvalue weighted by Gasteiger charge is -2.17. The minimum atomic E-state index is 0.0424. The van der Waals surface area contributed by atoms with E-state index in [1.807, 2.05) is 13.0 Å². The highest BCUT2D eigenvalue weighted by Crippen LogP contribution is 2.31. The van der Waals surface area contributed by atoms with Crippen molar-refractivity contribution in [1.29, 1.82) is 0 Å². The number of nitrogens with one attached hydrogen (secondary N) is 1. The number of aryl methyl sites for hydroxylation is 1. The van der Waals surface area contributed by atoms with Crippen LogP contribution in [0.1, 0.15) is 25.0 Å². The molecule has 18 heavy (non-hydrogen) atoms. The number of nitrogens with zero attached hydrogens (tertiary/aromatic N) is 1.